The third kappa shape index (κ3) is 3.20. The molecular formula is C28H24ClFN2O6. The van der Waals surface area contributed by atoms with Gasteiger partial charge in [-0.2, -0.15) is 0 Å². The molecule has 4 amide bonds. The van der Waals surface area contributed by atoms with Crippen molar-refractivity contribution in [1.29, 1.82) is 0 Å². The summed E-state index contributed by atoms with van der Waals surface area (Å²) in [5, 5.41) is 12.4. The SMILES string of the molecule is COc1cc([C@H]2C3=CC[C@@H]4C(=O)NC(=O)[C@@H]4[C@@H]3C[C@H]3C(=O)N(c4ccc(F)c(Cl)c4)C(=O)[C@@]23C)ccc1O. The van der Waals surface area contributed by atoms with E-state index in [0.717, 1.165) is 16.5 Å². The zero-order valence-corrected chi connectivity index (χ0v) is 21.3. The molecule has 3 fully saturated rings. The summed E-state index contributed by atoms with van der Waals surface area (Å²) in [5.41, 5.74) is 0.329. The Hall–Kier alpha value is -3.72. The summed E-state index contributed by atoms with van der Waals surface area (Å²) in [6.45, 7) is 1.73. The van der Waals surface area contributed by atoms with Crippen LogP contribution >= 0.6 is 11.6 Å². The zero-order chi connectivity index (χ0) is 27.1. The first-order chi connectivity index (χ1) is 18.1. The Morgan fingerprint density at radius 3 is 2.58 bits per heavy atom. The first-order valence-electron chi connectivity index (χ1n) is 12.3. The van der Waals surface area contributed by atoms with Gasteiger partial charge in [0.2, 0.25) is 23.6 Å². The summed E-state index contributed by atoms with van der Waals surface area (Å²) in [4.78, 5) is 54.6. The van der Waals surface area contributed by atoms with E-state index in [-0.39, 0.29) is 40.4 Å². The molecule has 2 aliphatic carbocycles. The molecule has 2 saturated heterocycles. The van der Waals surface area contributed by atoms with Crippen LogP contribution in [0.15, 0.2) is 48.0 Å². The Morgan fingerprint density at radius 1 is 1.11 bits per heavy atom. The fourth-order valence-electron chi connectivity index (χ4n) is 7.05. The van der Waals surface area contributed by atoms with Gasteiger partial charge in [0, 0.05) is 5.92 Å². The van der Waals surface area contributed by atoms with Crippen LogP contribution < -0.4 is 15.0 Å². The fraction of sp³-hybridized carbons (Fsp3) is 0.357. The van der Waals surface area contributed by atoms with E-state index >= 15 is 0 Å². The third-order valence-electron chi connectivity index (χ3n) is 8.82. The number of nitrogens with zero attached hydrogens (tertiary/aromatic N) is 1. The highest BCUT2D eigenvalue weighted by molar-refractivity contribution is 6.31. The molecule has 2 aliphatic heterocycles. The molecule has 1 saturated carbocycles. The number of ether oxygens (including phenoxy) is 1. The number of nitrogens with one attached hydrogen (secondary N) is 1. The molecular weight excluding hydrogens is 515 g/mol. The topological polar surface area (TPSA) is 113 Å². The molecule has 10 heteroatoms. The van der Waals surface area contributed by atoms with E-state index in [2.05, 4.69) is 5.32 Å². The molecule has 6 rings (SSSR count). The van der Waals surface area contributed by atoms with Crippen LogP contribution in [0.25, 0.3) is 0 Å². The largest absolute Gasteiger partial charge is 0.504 e. The number of halogens is 2. The van der Waals surface area contributed by atoms with Crippen molar-refractivity contribution in [1.82, 2.24) is 5.32 Å². The van der Waals surface area contributed by atoms with Gasteiger partial charge in [0.25, 0.3) is 0 Å². The molecule has 4 aliphatic rings. The molecule has 0 unspecified atom stereocenters. The van der Waals surface area contributed by atoms with E-state index in [4.69, 9.17) is 16.3 Å². The van der Waals surface area contributed by atoms with Crippen molar-refractivity contribution in [3.05, 3.63) is 64.5 Å². The monoisotopic (exact) mass is 538 g/mol. The minimum atomic E-state index is -1.27. The lowest BCUT2D eigenvalue weighted by Gasteiger charge is -2.49. The number of imide groups is 2. The summed E-state index contributed by atoms with van der Waals surface area (Å²) >= 11 is 5.99. The molecule has 196 valence electrons. The Balaban J connectivity index is 1.54. The quantitative estimate of drug-likeness (QED) is 0.455. The van der Waals surface area contributed by atoms with E-state index in [1.54, 1.807) is 19.1 Å². The van der Waals surface area contributed by atoms with Crippen molar-refractivity contribution in [2.24, 2.45) is 29.1 Å². The number of allylic oxidation sites excluding steroid dienone is 2. The lowest BCUT2D eigenvalue weighted by Crippen LogP contribution is -2.48. The number of phenolic OH excluding ortho intramolecular Hbond substituents is 1. The number of carbonyl (C=O) groups is 4. The maximum atomic E-state index is 14.2. The van der Waals surface area contributed by atoms with Crippen LogP contribution in [0.3, 0.4) is 0 Å². The lowest BCUT2D eigenvalue weighted by atomic mass is 9.51. The van der Waals surface area contributed by atoms with E-state index in [9.17, 15) is 28.7 Å². The number of benzene rings is 2. The average molecular weight is 539 g/mol. The van der Waals surface area contributed by atoms with E-state index in [0.29, 0.717) is 12.0 Å². The van der Waals surface area contributed by atoms with Crippen LogP contribution in [0, 0.1) is 34.9 Å². The van der Waals surface area contributed by atoms with Crippen LogP contribution in [0.5, 0.6) is 11.5 Å². The Morgan fingerprint density at radius 2 is 1.87 bits per heavy atom. The first-order valence-corrected chi connectivity index (χ1v) is 12.7. The predicted molar refractivity (Wildman–Crippen MR) is 134 cm³/mol. The number of hydrogen-bond acceptors (Lipinski definition) is 6. The third-order valence-corrected chi connectivity index (χ3v) is 9.11. The van der Waals surface area contributed by atoms with Crippen LogP contribution in [-0.2, 0) is 19.2 Å². The highest BCUT2D eigenvalue weighted by Gasteiger charge is 2.67. The molecule has 38 heavy (non-hydrogen) atoms. The molecule has 2 aromatic carbocycles. The number of hydrogen-bond donors (Lipinski definition) is 2. The zero-order valence-electron chi connectivity index (χ0n) is 20.5. The minimum absolute atomic E-state index is 0.0832. The molecule has 2 N–H and O–H groups in total. The molecule has 0 radical (unpaired) electrons. The molecule has 8 nitrogen and oxygen atoms in total. The van der Waals surface area contributed by atoms with Crippen molar-refractivity contribution >= 4 is 40.9 Å². The summed E-state index contributed by atoms with van der Waals surface area (Å²) < 4.78 is 19.2. The van der Waals surface area contributed by atoms with Gasteiger partial charge in [0.05, 0.1) is 41.0 Å². The second-order valence-electron chi connectivity index (χ2n) is 10.5. The van der Waals surface area contributed by atoms with Gasteiger partial charge in [-0.05, 0) is 61.6 Å². The summed E-state index contributed by atoms with van der Waals surface area (Å²) in [6, 6.07) is 8.46. The summed E-state index contributed by atoms with van der Waals surface area (Å²) in [7, 11) is 1.41. The Labute approximate surface area is 222 Å². The predicted octanol–water partition coefficient (Wildman–Crippen LogP) is 3.71. The number of methoxy groups -OCH3 is 1. The smallest absolute Gasteiger partial charge is 0.241 e. The number of carbonyl (C=O) groups excluding carboxylic acids is 4. The number of aromatic hydroxyl groups is 1. The van der Waals surface area contributed by atoms with Crippen LogP contribution in [0.4, 0.5) is 10.1 Å². The van der Waals surface area contributed by atoms with Gasteiger partial charge in [-0.3, -0.25) is 24.5 Å². The normalized spacial score (nSPS) is 31.9. The second kappa shape index (κ2) is 8.39. The number of fused-ring (bicyclic) bond motifs is 4. The van der Waals surface area contributed by atoms with Gasteiger partial charge >= 0.3 is 0 Å². The van der Waals surface area contributed by atoms with Crippen molar-refractivity contribution in [2.75, 3.05) is 12.0 Å². The number of phenols is 1. The second-order valence-corrected chi connectivity index (χ2v) is 11.0. The van der Waals surface area contributed by atoms with Crippen LogP contribution in [-0.4, -0.2) is 35.8 Å². The Bertz CT molecular complexity index is 1470. The molecule has 0 bridgehead atoms. The highest BCUT2D eigenvalue weighted by atomic mass is 35.5. The van der Waals surface area contributed by atoms with E-state index in [1.165, 1.54) is 25.3 Å². The minimum Gasteiger partial charge on any atom is -0.504 e. The maximum absolute atomic E-state index is 14.2. The van der Waals surface area contributed by atoms with Gasteiger partial charge in [0.15, 0.2) is 11.5 Å². The van der Waals surface area contributed by atoms with Gasteiger partial charge < -0.3 is 9.84 Å². The molecule has 0 spiro atoms. The average Bonchev–Trinajstić information content (AvgIpc) is 3.29. The van der Waals surface area contributed by atoms with Crippen molar-refractivity contribution in [3.8, 4) is 11.5 Å². The van der Waals surface area contributed by atoms with Gasteiger partial charge in [-0.25, -0.2) is 9.29 Å². The number of rotatable bonds is 3. The van der Waals surface area contributed by atoms with Gasteiger partial charge in [-0.1, -0.05) is 29.3 Å². The van der Waals surface area contributed by atoms with E-state index in [1.807, 2.05) is 6.08 Å². The molecule has 6 atom stereocenters. The summed E-state index contributed by atoms with van der Waals surface area (Å²) in [6.07, 6.45) is 2.45. The molecule has 2 aromatic rings. The maximum Gasteiger partial charge on any atom is 0.241 e. The fourth-order valence-corrected chi connectivity index (χ4v) is 7.23. The van der Waals surface area contributed by atoms with Gasteiger partial charge in [0.1, 0.15) is 5.82 Å². The van der Waals surface area contributed by atoms with Gasteiger partial charge in [-0.15, -0.1) is 0 Å². The molecule has 2 heterocycles. The first kappa shape index (κ1) is 24.6. The Kier molecular flexibility index (Phi) is 5.43. The lowest BCUT2D eigenvalue weighted by molar-refractivity contribution is -0.131. The number of anilines is 1. The van der Waals surface area contributed by atoms with Crippen molar-refractivity contribution < 1.29 is 33.4 Å². The number of amides is 4. The van der Waals surface area contributed by atoms with Crippen LogP contribution in [0.2, 0.25) is 5.02 Å². The standard InChI is InChI=1S/C28H24ClFN2O6/c1-28-17(26(36)32(27(28)37)13-4-7-19(30)18(29)10-13)11-16-14(5-6-15-22(16)25(35)31-24(15)34)23(28)12-3-8-20(33)21(9-12)38-2/h3-5,7-10,15-17,22-23,33H,6,11H2,1-2H3,(H,31,34,35)/t15-,16+,17-,22-,23-,28+/m0/s1. The summed E-state index contributed by atoms with van der Waals surface area (Å²) in [5.74, 6) is -5.31. The van der Waals surface area contributed by atoms with E-state index < -0.39 is 52.6 Å². The van der Waals surface area contributed by atoms with Crippen molar-refractivity contribution in [3.63, 3.8) is 0 Å². The van der Waals surface area contributed by atoms with Crippen LogP contribution in [0.1, 0.15) is 31.2 Å². The highest BCUT2D eigenvalue weighted by Crippen LogP contribution is 2.63. The molecule has 0 aromatic heterocycles. The van der Waals surface area contributed by atoms with Crippen molar-refractivity contribution in [2.45, 2.75) is 25.7 Å².